The molecule has 0 aliphatic carbocycles. The van der Waals surface area contributed by atoms with Crippen LogP contribution in [0.1, 0.15) is 33.3 Å². The van der Waals surface area contributed by atoms with Crippen molar-refractivity contribution < 1.29 is 32.5 Å². The Kier molecular flexibility index (Phi) is 16.3. The van der Waals surface area contributed by atoms with Crippen molar-refractivity contribution in [3.8, 4) is 11.5 Å². The molecule has 2 amide bonds. The van der Waals surface area contributed by atoms with Crippen LogP contribution >= 0.6 is 11.6 Å². The fourth-order valence-corrected chi connectivity index (χ4v) is 4.43. The molecule has 0 aliphatic rings. The molecule has 1 unspecified atom stereocenters. The molecule has 0 bridgehead atoms. The summed E-state index contributed by atoms with van der Waals surface area (Å²) in [4.78, 5) is 29.3. The lowest BCUT2D eigenvalue weighted by Crippen LogP contribution is -2.42. The number of pyridine rings is 1. The summed E-state index contributed by atoms with van der Waals surface area (Å²) in [6, 6.07) is 10.9. The Labute approximate surface area is 246 Å². The van der Waals surface area contributed by atoms with Gasteiger partial charge in [0.1, 0.15) is 16.7 Å². The summed E-state index contributed by atoms with van der Waals surface area (Å²) in [6.45, 7) is 7.36. The van der Waals surface area contributed by atoms with Crippen molar-refractivity contribution in [2.75, 3.05) is 26.7 Å². The van der Waals surface area contributed by atoms with Crippen molar-refractivity contribution in [1.29, 1.82) is 0 Å². The van der Waals surface area contributed by atoms with Gasteiger partial charge in [0.15, 0.2) is 17.4 Å². The van der Waals surface area contributed by atoms with E-state index in [4.69, 9.17) is 21.5 Å². The van der Waals surface area contributed by atoms with Gasteiger partial charge in [0, 0.05) is 37.6 Å². The molecule has 41 heavy (non-hydrogen) atoms. The molecule has 1 heterocycles. The molecule has 9 nitrogen and oxygen atoms in total. The van der Waals surface area contributed by atoms with Gasteiger partial charge in [-0.2, -0.15) is 0 Å². The maximum absolute atomic E-state index is 14.7. The smallest absolute Gasteiger partial charge is 0.258 e. The van der Waals surface area contributed by atoms with Crippen LogP contribution in [0.3, 0.4) is 0 Å². The molecule has 0 saturated carbocycles. The van der Waals surface area contributed by atoms with Gasteiger partial charge < -0.3 is 9.64 Å². The van der Waals surface area contributed by atoms with Crippen LogP contribution in [0.15, 0.2) is 65.8 Å². The second-order valence-corrected chi connectivity index (χ2v) is 9.70. The number of hydroxylamine groups is 1. The van der Waals surface area contributed by atoms with Gasteiger partial charge in [-0.3, -0.25) is 19.8 Å². The first-order chi connectivity index (χ1) is 19.7. The minimum Gasteiger partial charge on any atom is -0.451 e. The van der Waals surface area contributed by atoms with Crippen molar-refractivity contribution in [3.05, 3.63) is 83.1 Å². The Hall–Kier alpha value is -3.45. The molecule has 0 fully saturated rings. The molecule has 2 aromatic carbocycles. The molecule has 0 aliphatic heterocycles. The van der Waals surface area contributed by atoms with E-state index in [0.29, 0.717) is 10.6 Å². The Bertz CT molecular complexity index is 1250. The Morgan fingerprint density at radius 1 is 1.05 bits per heavy atom. The summed E-state index contributed by atoms with van der Waals surface area (Å²) in [7, 11) is -0.707. The van der Waals surface area contributed by atoms with Crippen LogP contribution in [0, 0.1) is 11.6 Å². The van der Waals surface area contributed by atoms with E-state index >= 15 is 0 Å². The second kappa shape index (κ2) is 18.8. The van der Waals surface area contributed by atoms with Crippen LogP contribution in [-0.2, 0) is 27.0 Å². The fraction of sp³-hybridized carbons (Fsp3) is 0.321. The number of hydrogen-bond donors (Lipinski definition) is 2. The van der Waals surface area contributed by atoms with Crippen LogP contribution in [-0.4, -0.2) is 62.1 Å². The number of nitrogens with one attached hydrogen (secondary N) is 1. The Morgan fingerprint density at radius 3 is 2.20 bits per heavy atom. The Morgan fingerprint density at radius 2 is 1.66 bits per heavy atom. The van der Waals surface area contributed by atoms with Gasteiger partial charge in [-0.05, 0) is 48.0 Å². The number of carbonyl (C=O) groups is 2. The van der Waals surface area contributed by atoms with Gasteiger partial charge in [0.05, 0.1) is 17.9 Å². The average molecular weight is 613 g/mol. The molecule has 13 heteroatoms. The summed E-state index contributed by atoms with van der Waals surface area (Å²) in [5.41, 5.74) is 2.13. The van der Waals surface area contributed by atoms with Crippen LogP contribution in [0.4, 0.5) is 8.78 Å². The minimum absolute atomic E-state index is 0.0340. The highest BCUT2D eigenvalue weighted by Crippen LogP contribution is 2.30. The largest absolute Gasteiger partial charge is 0.451 e. The van der Waals surface area contributed by atoms with Gasteiger partial charge >= 0.3 is 0 Å². The van der Waals surface area contributed by atoms with Gasteiger partial charge in [-0.1, -0.05) is 45.4 Å². The highest BCUT2D eigenvalue weighted by Gasteiger charge is 2.24. The number of carbonyl (C=O) groups excluding carboxylic acids is 2. The van der Waals surface area contributed by atoms with Crippen LogP contribution < -0.4 is 10.2 Å². The van der Waals surface area contributed by atoms with E-state index < -0.39 is 40.8 Å². The number of ether oxygens (including phenoxy) is 1. The second-order valence-electron chi connectivity index (χ2n) is 7.77. The van der Waals surface area contributed by atoms with Crippen molar-refractivity contribution >= 4 is 34.4 Å². The predicted molar refractivity (Wildman–Crippen MR) is 154 cm³/mol. The number of hydrogen-bond acceptors (Lipinski definition) is 6. The summed E-state index contributed by atoms with van der Waals surface area (Å²) < 4.78 is 48.9. The number of halogens is 3. The predicted octanol–water partition coefficient (Wildman–Crippen LogP) is 5.39. The molecular formula is C28H35ClF2N4O5S. The molecule has 0 saturated heterocycles. The summed E-state index contributed by atoms with van der Waals surface area (Å²) in [6.07, 6.45) is 3.22. The third kappa shape index (κ3) is 11.5. The number of likely N-dealkylation sites (N-methyl/N-ethyl adjacent to an activating group) is 1. The van der Waals surface area contributed by atoms with Crippen LogP contribution in [0.2, 0.25) is 5.02 Å². The van der Waals surface area contributed by atoms with Gasteiger partial charge in [-0.25, -0.2) is 22.8 Å². The first-order valence-electron chi connectivity index (χ1n) is 12.8. The monoisotopic (exact) mass is 612 g/mol. The van der Waals surface area contributed by atoms with E-state index in [2.05, 4.69) is 4.98 Å². The number of nitrogens with zero attached hydrogens (tertiary/aromatic N) is 3. The normalized spacial score (nSPS) is 10.9. The Balaban J connectivity index is 0.00000201. The molecule has 224 valence electrons. The number of rotatable bonds is 11. The van der Waals surface area contributed by atoms with E-state index in [1.807, 2.05) is 27.7 Å². The molecule has 1 atom stereocenters. The highest BCUT2D eigenvalue weighted by molar-refractivity contribution is 7.82. The van der Waals surface area contributed by atoms with E-state index in [1.165, 1.54) is 41.7 Å². The summed E-state index contributed by atoms with van der Waals surface area (Å²) in [5.74, 6) is -3.96. The summed E-state index contributed by atoms with van der Waals surface area (Å²) >= 11 is 5.80. The summed E-state index contributed by atoms with van der Waals surface area (Å²) in [5, 5.41) is 9.32. The molecule has 3 rings (SSSR count). The van der Waals surface area contributed by atoms with Crippen molar-refractivity contribution in [2.45, 2.75) is 39.0 Å². The molecule has 2 N–H and O–H groups in total. The fourth-order valence-electron chi connectivity index (χ4n) is 3.12. The lowest BCUT2D eigenvalue weighted by molar-refractivity contribution is -0.129. The standard InChI is InChI=1S/C24H23ClF2N4O5S.2C2H6/c1-30(23(33)11-16-3-2-8-28-14-16)9-10-31(15-22(32)29-34)37(35)19-12-20(26)24(21(27)13-19)36-18-6-4-17(25)5-7-18;2*1-2/h2-8,12-14,34H,9-11,15H2,1H3,(H,29,32);2*1-2H3. The van der Waals surface area contributed by atoms with Gasteiger partial charge in [0.25, 0.3) is 5.91 Å². The third-order valence-corrected chi connectivity index (χ3v) is 6.75. The van der Waals surface area contributed by atoms with Gasteiger partial charge in [-0.15, -0.1) is 0 Å². The molecular weight excluding hydrogens is 578 g/mol. The average Bonchev–Trinajstić information content (AvgIpc) is 2.99. The molecule has 0 radical (unpaired) electrons. The highest BCUT2D eigenvalue weighted by atomic mass is 35.5. The number of benzene rings is 2. The quantitative estimate of drug-likeness (QED) is 0.222. The number of aromatic nitrogens is 1. The zero-order chi connectivity index (χ0) is 30.9. The van der Waals surface area contributed by atoms with E-state index in [0.717, 1.165) is 16.4 Å². The SMILES string of the molecule is CC.CC.CN(CCN(CC(=O)NO)S(=O)c1cc(F)c(Oc2ccc(Cl)cc2)c(F)c1)C(=O)Cc1cccnc1. The topological polar surface area (TPSA) is 112 Å². The molecule has 3 aromatic rings. The van der Waals surface area contributed by atoms with Crippen molar-refractivity contribution in [3.63, 3.8) is 0 Å². The van der Waals surface area contributed by atoms with Crippen molar-refractivity contribution in [1.82, 2.24) is 19.7 Å². The third-order valence-electron chi connectivity index (χ3n) is 5.07. The minimum atomic E-state index is -2.23. The lowest BCUT2D eigenvalue weighted by atomic mass is 10.2. The van der Waals surface area contributed by atoms with E-state index in [9.17, 15) is 22.6 Å². The maximum atomic E-state index is 14.7. The van der Waals surface area contributed by atoms with Crippen molar-refractivity contribution in [2.24, 2.45) is 0 Å². The number of amides is 2. The molecule has 0 spiro atoms. The first-order valence-corrected chi connectivity index (χ1v) is 14.3. The lowest BCUT2D eigenvalue weighted by Gasteiger charge is -2.24. The van der Waals surface area contributed by atoms with E-state index in [1.54, 1.807) is 24.5 Å². The molecule has 1 aromatic heterocycles. The van der Waals surface area contributed by atoms with Crippen LogP contribution in [0.25, 0.3) is 0 Å². The van der Waals surface area contributed by atoms with Gasteiger partial charge in [0.2, 0.25) is 5.91 Å². The zero-order valence-electron chi connectivity index (χ0n) is 23.6. The zero-order valence-corrected chi connectivity index (χ0v) is 25.1. The van der Waals surface area contributed by atoms with E-state index in [-0.39, 0.29) is 36.1 Å². The first kappa shape index (κ1) is 35.6. The maximum Gasteiger partial charge on any atom is 0.258 e. The van der Waals surface area contributed by atoms with Crippen LogP contribution in [0.5, 0.6) is 11.5 Å².